The number of nitrogens with zero attached hydrogens (tertiary/aromatic N) is 3. The molecule has 1 aliphatic heterocycles. The van der Waals surface area contributed by atoms with Gasteiger partial charge < -0.3 is 9.42 Å². The Morgan fingerprint density at radius 3 is 3.04 bits per heavy atom. The first kappa shape index (κ1) is 17.1. The quantitative estimate of drug-likeness (QED) is 0.800. The normalized spacial score (nSPS) is 18.7. The van der Waals surface area contributed by atoms with Gasteiger partial charge in [0.05, 0.1) is 4.88 Å². The third kappa shape index (κ3) is 4.21. The van der Waals surface area contributed by atoms with E-state index >= 15 is 0 Å². The Kier molecular flexibility index (Phi) is 5.00. The van der Waals surface area contributed by atoms with E-state index < -0.39 is 21.3 Å². The average molecular weight is 369 g/mol. The molecule has 0 N–H and O–H groups in total. The number of carbonyl (C=O) groups excluding carboxylic acids is 1. The topological polar surface area (TPSA) is 93.4 Å². The van der Waals surface area contributed by atoms with Crippen molar-refractivity contribution in [3.63, 3.8) is 0 Å². The molecule has 2 aromatic rings. The summed E-state index contributed by atoms with van der Waals surface area (Å²) in [4.78, 5) is 18.8. The Balaban J connectivity index is 1.62. The van der Waals surface area contributed by atoms with Gasteiger partial charge in [0.25, 0.3) is 0 Å². The Morgan fingerprint density at radius 1 is 1.50 bits per heavy atom. The molecule has 130 valence electrons. The molecule has 3 heterocycles. The van der Waals surface area contributed by atoms with Crippen LogP contribution in [0.1, 0.15) is 25.7 Å². The number of rotatable bonds is 5. The predicted molar refractivity (Wildman–Crippen MR) is 90.1 cm³/mol. The van der Waals surface area contributed by atoms with E-state index in [1.807, 2.05) is 17.5 Å². The van der Waals surface area contributed by atoms with Crippen LogP contribution >= 0.6 is 11.3 Å². The van der Waals surface area contributed by atoms with E-state index in [2.05, 4.69) is 17.1 Å². The van der Waals surface area contributed by atoms with Crippen LogP contribution in [-0.2, 0) is 20.4 Å². The Hall–Kier alpha value is -1.74. The maximum atomic E-state index is 12.3. The van der Waals surface area contributed by atoms with E-state index in [0.717, 1.165) is 17.7 Å². The molecule has 2 aromatic heterocycles. The smallest absolute Gasteiger partial charge is 0.242 e. The molecule has 0 aromatic carbocycles. The van der Waals surface area contributed by atoms with Crippen LogP contribution in [-0.4, -0.2) is 48.2 Å². The fourth-order valence-electron chi connectivity index (χ4n) is 2.75. The SMILES string of the molecule is CC1CCCN(C(=O)CS(=O)(=O)Cc2nc(-c3cccs3)no2)C1. The summed E-state index contributed by atoms with van der Waals surface area (Å²) < 4.78 is 29.5. The average Bonchev–Trinajstić information content (AvgIpc) is 3.17. The summed E-state index contributed by atoms with van der Waals surface area (Å²) in [6.45, 7) is 3.32. The standard InChI is InChI=1S/C15H19N3O4S2/c1-11-4-2-6-18(8-11)14(19)10-24(20,21)9-13-16-15(17-22-13)12-5-3-7-23-12/h3,5,7,11H,2,4,6,8-10H2,1H3. The number of thiophene rings is 1. The van der Waals surface area contributed by atoms with Crippen LogP contribution in [0.25, 0.3) is 10.7 Å². The van der Waals surface area contributed by atoms with Crippen LogP contribution < -0.4 is 0 Å². The number of piperidine rings is 1. The Labute approximate surface area is 144 Å². The summed E-state index contributed by atoms with van der Waals surface area (Å²) in [7, 11) is -3.64. The van der Waals surface area contributed by atoms with E-state index in [4.69, 9.17) is 4.52 Å². The maximum Gasteiger partial charge on any atom is 0.242 e. The van der Waals surface area contributed by atoms with Gasteiger partial charge in [-0.1, -0.05) is 18.1 Å². The molecule has 0 radical (unpaired) electrons. The monoisotopic (exact) mass is 369 g/mol. The van der Waals surface area contributed by atoms with Crippen molar-refractivity contribution < 1.29 is 17.7 Å². The van der Waals surface area contributed by atoms with Gasteiger partial charge in [0.2, 0.25) is 17.6 Å². The second-order valence-corrected chi connectivity index (χ2v) is 9.12. The van der Waals surface area contributed by atoms with Crippen molar-refractivity contribution in [2.45, 2.75) is 25.5 Å². The molecule has 1 aliphatic rings. The molecule has 3 rings (SSSR count). The fourth-order valence-corrected chi connectivity index (χ4v) is 4.56. The second-order valence-electron chi connectivity index (χ2n) is 6.11. The lowest BCUT2D eigenvalue weighted by molar-refractivity contribution is -0.130. The van der Waals surface area contributed by atoms with Crippen LogP contribution in [0.2, 0.25) is 0 Å². The predicted octanol–water partition coefficient (Wildman–Crippen LogP) is 1.97. The highest BCUT2D eigenvalue weighted by Gasteiger charge is 2.27. The van der Waals surface area contributed by atoms with Crippen molar-refractivity contribution in [2.24, 2.45) is 5.92 Å². The first-order valence-corrected chi connectivity index (χ1v) is 10.5. The molecule has 1 unspecified atom stereocenters. The highest BCUT2D eigenvalue weighted by molar-refractivity contribution is 7.91. The highest BCUT2D eigenvalue weighted by atomic mass is 32.2. The summed E-state index contributed by atoms with van der Waals surface area (Å²) in [6.07, 6.45) is 1.99. The van der Waals surface area contributed by atoms with E-state index in [9.17, 15) is 13.2 Å². The van der Waals surface area contributed by atoms with Gasteiger partial charge in [-0.2, -0.15) is 4.98 Å². The van der Waals surface area contributed by atoms with E-state index in [1.54, 1.807) is 4.90 Å². The number of amides is 1. The summed E-state index contributed by atoms with van der Waals surface area (Å²) >= 11 is 1.44. The van der Waals surface area contributed by atoms with Crippen molar-refractivity contribution in [1.82, 2.24) is 15.0 Å². The van der Waals surface area contributed by atoms with Gasteiger partial charge in [0.15, 0.2) is 9.84 Å². The molecule has 0 bridgehead atoms. The molecule has 1 amide bonds. The lowest BCUT2D eigenvalue weighted by atomic mass is 10.0. The van der Waals surface area contributed by atoms with Gasteiger partial charge in [-0.15, -0.1) is 11.3 Å². The minimum absolute atomic E-state index is 0.0122. The largest absolute Gasteiger partial charge is 0.342 e. The molecule has 0 saturated carbocycles. The van der Waals surface area contributed by atoms with Crippen molar-refractivity contribution in [3.8, 4) is 10.7 Å². The summed E-state index contributed by atoms with van der Waals surface area (Å²) in [5, 5.41) is 5.66. The third-order valence-electron chi connectivity index (χ3n) is 3.91. The number of sulfone groups is 1. The van der Waals surface area contributed by atoms with Crippen molar-refractivity contribution in [2.75, 3.05) is 18.8 Å². The lowest BCUT2D eigenvalue weighted by Crippen LogP contribution is -2.42. The van der Waals surface area contributed by atoms with Gasteiger partial charge in [-0.3, -0.25) is 4.79 Å². The molecule has 24 heavy (non-hydrogen) atoms. The number of carbonyl (C=O) groups is 1. The van der Waals surface area contributed by atoms with Crippen molar-refractivity contribution in [1.29, 1.82) is 0 Å². The third-order valence-corrected chi connectivity index (χ3v) is 6.15. The molecule has 1 saturated heterocycles. The van der Waals surface area contributed by atoms with E-state index in [-0.39, 0.29) is 11.8 Å². The van der Waals surface area contributed by atoms with Crippen molar-refractivity contribution in [3.05, 3.63) is 23.4 Å². The lowest BCUT2D eigenvalue weighted by Gasteiger charge is -2.30. The van der Waals surface area contributed by atoms with E-state index in [0.29, 0.717) is 24.8 Å². The molecule has 0 aliphatic carbocycles. The summed E-state index contributed by atoms with van der Waals surface area (Å²) in [6, 6.07) is 3.68. The van der Waals surface area contributed by atoms with Gasteiger partial charge in [-0.25, -0.2) is 8.42 Å². The van der Waals surface area contributed by atoms with Gasteiger partial charge in [-0.05, 0) is 30.2 Å². The molecular formula is C15H19N3O4S2. The molecule has 0 spiro atoms. The Bertz CT molecular complexity index is 799. The maximum absolute atomic E-state index is 12.3. The molecule has 1 fully saturated rings. The molecule has 1 atom stereocenters. The zero-order valence-electron chi connectivity index (χ0n) is 13.3. The van der Waals surface area contributed by atoms with Crippen LogP contribution in [0.15, 0.2) is 22.0 Å². The van der Waals surface area contributed by atoms with E-state index in [1.165, 1.54) is 11.3 Å². The minimum Gasteiger partial charge on any atom is -0.342 e. The second kappa shape index (κ2) is 7.02. The first-order chi connectivity index (χ1) is 11.4. The molecular weight excluding hydrogens is 350 g/mol. The molecule has 7 nitrogen and oxygen atoms in total. The number of likely N-dealkylation sites (tertiary alicyclic amines) is 1. The zero-order chi connectivity index (χ0) is 17.2. The van der Waals surface area contributed by atoms with Crippen molar-refractivity contribution >= 4 is 27.1 Å². The number of hydrogen-bond acceptors (Lipinski definition) is 7. The van der Waals surface area contributed by atoms with Crippen LogP contribution in [0.4, 0.5) is 0 Å². The number of hydrogen-bond donors (Lipinski definition) is 0. The molecule has 9 heteroatoms. The summed E-state index contributed by atoms with van der Waals surface area (Å²) in [5.41, 5.74) is 0. The Morgan fingerprint density at radius 2 is 2.33 bits per heavy atom. The van der Waals surface area contributed by atoms with Gasteiger partial charge in [0, 0.05) is 13.1 Å². The van der Waals surface area contributed by atoms with Crippen LogP contribution in [0, 0.1) is 5.92 Å². The van der Waals surface area contributed by atoms with Gasteiger partial charge in [0.1, 0.15) is 11.5 Å². The first-order valence-electron chi connectivity index (χ1n) is 7.77. The summed E-state index contributed by atoms with van der Waals surface area (Å²) in [5.74, 6) is -0.490. The fraction of sp³-hybridized carbons (Fsp3) is 0.533. The highest BCUT2D eigenvalue weighted by Crippen LogP contribution is 2.22. The van der Waals surface area contributed by atoms with Crippen LogP contribution in [0.3, 0.4) is 0 Å². The zero-order valence-corrected chi connectivity index (χ0v) is 15.0. The van der Waals surface area contributed by atoms with Gasteiger partial charge >= 0.3 is 0 Å². The number of aromatic nitrogens is 2. The minimum atomic E-state index is -3.64. The van der Waals surface area contributed by atoms with Crippen LogP contribution in [0.5, 0.6) is 0 Å².